The molecule has 2 aliphatic rings. The maximum atomic E-state index is 13.0. The van der Waals surface area contributed by atoms with E-state index in [0.29, 0.717) is 43.9 Å². The fourth-order valence-electron chi connectivity index (χ4n) is 4.05. The molecule has 0 unspecified atom stereocenters. The number of aryl methyl sites for hydroxylation is 1. The molecule has 1 aromatic heterocycles. The van der Waals surface area contributed by atoms with Crippen LogP contribution in [0.25, 0.3) is 0 Å². The third-order valence-electron chi connectivity index (χ3n) is 6.05. The molecule has 0 saturated carbocycles. The van der Waals surface area contributed by atoms with Crippen LogP contribution in [-0.4, -0.2) is 76.7 Å². The summed E-state index contributed by atoms with van der Waals surface area (Å²) in [4.78, 5) is 55.7. The largest absolute Gasteiger partial charge is 0.338 e. The van der Waals surface area contributed by atoms with Gasteiger partial charge in [0.25, 0.3) is 11.8 Å². The summed E-state index contributed by atoms with van der Waals surface area (Å²) in [6.45, 7) is 3.03. The van der Waals surface area contributed by atoms with E-state index in [9.17, 15) is 19.2 Å². The highest BCUT2D eigenvalue weighted by Gasteiger charge is 2.48. The molecule has 0 aliphatic carbocycles. The first-order valence-corrected chi connectivity index (χ1v) is 11.5. The molecule has 5 amide bonds. The number of nitrogens with zero attached hydrogens (tertiary/aromatic N) is 3. The van der Waals surface area contributed by atoms with E-state index in [0.717, 1.165) is 10.5 Å². The predicted molar refractivity (Wildman–Crippen MR) is 120 cm³/mol. The first-order chi connectivity index (χ1) is 15.4. The number of rotatable bonds is 6. The lowest BCUT2D eigenvalue weighted by Crippen LogP contribution is -2.53. The number of carbonyl (C=O) groups is 4. The third-order valence-corrected chi connectivity index (χ3v) is 6.90. The maximum Gasteiger partial charge on any atom is 0.325 e. The van der Waals surface area contributed by atoms with Crippen LogP contribution in [0.5, 0.6) is 0 Å². The number of hydrogen-bond donors (Lipinski definition) is 1. The lowest BCUT2D eigenvalue weighted by molar-refractivity contribution is -0.139. The van der Waals surface area contributed by atoms with E-state index in [2.05, 4.69) is 5.32 Å². The van der Waals surface area contributed by atoms with Crippen LogP contribution >= 0.6 is 11.3 Å². The van der Waals surface area contributed by atoms with Gasteiger partial charge in [-0.15, -0.1) is 11.3 Å². The van der Waals surface area contributed by atoms with Crippen molar-refractivity contribution < 1.29 is 19.2 Å². The van der Waals surface area contributed by atoms with Crippen molar-refractivity contribution in [3.05, 3.63) is 58.3 Å². The lowest BCUT2D eigenvalue weighted by Gasteiger charge is -2.35. The van der Waals surface area contributed by atoms with E-state index in [-0.39, 0.29) is 24.3 Å². The summed E-state index contributed by atoms with van der Waals surface area (Å²) >= 11 is 1.40. The molecule has 168 valence electrons. The number of amides is 5. The van der Waals surface area contributed by atoms with Gasteiger partial charge >= 0.3 is 6.03 Å². The molecule has 0 radical (unpaired) electrons. The van der Waals surface area contributed by atoms with Gasteiger partial charge < -0.3 is 15.1 Å². The molecule has 32 heavy (non-hydrogen) atoms. The Kier molecular flexibility index (Phi) is 6.27. The summed E-state index contributed by atoms with van der Waals surface area (Å²) < 4.78 is 0. The van der Waals surface area contributed by atoms with E-state index < -0.39 is 11.6 Å². The second-order valence-electron chi connectivity index (χ2n) is 8.29. The summed E-state index contributed by atoms with van der Waals surface area (Å²) in [6.07, 6.45) is 1.10. The van der Waals surface area contributed by atoms with Gasteiger partial charge in [0.05, 0.1) is 4.88 Å². The number of urea groups is 1. The van der Waals surface area contributed by atoms with Crippen LogP contribution in [0, 0.1) is 0 Å². The van der Waals surface area contributed by atoms with Crippen LogP contribution in [0.3, 0.4) is 0 Å². The minimum absolute atomic E-state index is 0.0321. The summed E-state index contributed by atoms with van der Waals surface area (Å²) in [5, 5.41) is 4.62. The van der Waals surface area contributed by atoms with Gasteiger partial charge in [-0.05, 0) is 36.8 Å². The van der Waals surface area contributed by atoms with Crippen LogP contribution in [-0.2, 0) is 16.0 Å². The second-order valence-corrected chi connectivity index (χ2v) is 9.24. The average molecular weight is 455 g/mol. The number of imide groups is 1. The molecule has 4 rings (SSSR count). The van der Waals surface area contributed by atoms with Gasteiger partial charge in [0.2, 0.25) is 5.91 Å². The monoisotopic (exact) mass is 454 g/mol. The third kappa shape index (κ3) is 4.52. The Balaban J connectivity index is 1.31. The minimum Gasteiger partial charge on any atom is -0.338 e. The zero-order valence-corrected chi connectivity index (χ0v) is 18.8. The van der Waals surface area contributed by atoms with Gasteiger partial charge in [0, 0.05) is 26.2 Å². The molecule has 0 bridgehead atoms. The van der Waals surface area contributed by atoms with E-state index in [1.807, 2.05) is 41.8 Å². The second kappa shape index (κ2) is 9.12. The van der Waals surface area contributed by atoms with Gasteiger partial charge in [0.1, 0.15) is 12.1 Å². The van der Waals surface area contributed by atoms with Gasteiger partial charge in [0.15, 0.2) is 0 Å². The number of piperazine rings is 1. The lowest BCUT2D eigenvalue weighted by atomic mass is 9.93. The smallest absolute Gasteiger partial charge is 0.325 e. The molecule has 1 atom stereocenters. The van der Waals surface area contributed by atoms with Gasteiger partial charge in [-0.1, -0.05) is 36.4 Å². The molecular formula is C23H26N4O4S. The molecule has 2 saturated heterocycles. The van der Waals surface area contributed by atoms with Gasteiger partial charge in [-0.3, -0.25) is 19.3 Å². The standard InChI is InChI=1S/C23H26N4O4S/c1-23(10-9-17-6-3-2-4-7-17)21(30)27(22(31)24-23)16-19(28)25-11-13-26(14-12-25)20(29)18-8-5-15-32-18/h2-8,15H,9-14,16H2,1H3,(H,24,31)/t23-/m0/s1. The number of nitrogens with one attached hydrogen (secondary N) is 1. The van der Waals surface area contributed by atoms with Crippen LogP contribution < -0.4 is 5.32 Å². The number of thiophene rings is 1. The molecule has 0 spiro atoms. The summed E-state index contributed by atoms with van der Waals surface area (Å²) in [5.74, 6) is -0.697. The highest BCUT2D eigenvalue weighted by atomic mass is 32.1. The van der Waals surface area contributed by atoms with Crippen LogP contribution in [0.15, 0.2) is 47.8 Å². The fraction of sp³-hybridized carbons (Fsp3) is 0.391. The minimum atomic E-state index is -1.03. The zero-order valence-electron chi connectivity index (χ0n) is 18.0. The molecule has 9 heteroatoms. The molecule has 3 heterocycles. The molecular weight excluding hydrogens is 428 g/mol. The fourth-order valence-corrected chi connectivity index (χ4v) is 4.74. The summed E-state index contributed by atoms with van der Waals surface area (Å²) in [5.41, 5.74) is 0.0548. The summed E-state index contributed by atoms with van der Waals surface area (Å²) in [7, 11) is 0. The Morgan fingerprint density at radius 3 is 2.34 bits per heavy atom. The molecule has 1 aromatic carbocycles. The molecule has 2 aliphatic heterocycles. The molecule has 2 fully saturated rings. The predicted octanol–water partition coefficient (Wildman–Crippen LogP) is 1.98. The first kappa shape index (κ1) is 22.0. The Labute approximate surface area is 190 Å². The number of benzene rings is 1. The maximum absolute atomic E-state index is 13.0. The van der Waals surface area contributed by atoms with Crippen molar-refractivity contribution in [3.63, 3.8) is 0 Å². The van der Waals surface area contributed by atoms with E-state index >= 15 is 0 Å². The number of carbonyl (C=O) groups excluding carboxylic acids is 4. The molecule has 1 N–H and O–H groups in total. The Morgan fingerprint density at radius 1 is 1.00 bits per heavy atom. The van der Waals surface area contributed by atoms with Gasteiger partial charge in [-0.25, -0.2) is 4.79 Å². The number of hydrogen-bond acceptors (Lipinski definition) is 5. The van der Waals surface area contributed by atoms with Crippen molar-refractivity contribution in [2.45, 2.75) is 25.3 Å². The zero-order chi connectivity index (χ0) is 22.7. The van der Waals surface area contributed by atoms with Crippen molar-refractivity contribution in [3.8, 4) is 0 Å². The molecule has 8 nitrogen and oxygen atoms in total. The summed E-state index contributed by atoms with van der Waals surface area (Å²) in [6, 6.07) is 12.9. The SMILES string of the molecule is C[C@@]1(CCc2ccccc2)NC(=O)N(CC(=O)N2CCN(C(=O)c3cccs3)CC2)C1=O. The Bertz CT molecular complexity index is 1000. The van der Waals surface area contributed by atoms with Crippen LogP contribution in [0.2, 0.25) is 0 Å². The van der Waals surface area contributed by atoms with Crippen molar-refractivity contribution >= 4 is 35.1 Å². The van der Waals surface area contributed by atoms with E-state index in [1.54, 1.807) is 22.8 Å². The van der Waals surface area contributed by atoms with Crippen LogP contribution in [0.1, 0.15) is 28.6 Å². The molecule has 2 aromatic rings. The van der Waals surface area contributed by atoms with Crippen molar-refractivity contribution in [2.75, 3.05) is 32.7 Å². The van der Waals surface area contributed by atoms with Crippen molar-refractivity contribution in [2.24, 2.45) is 0 Å². The van der Waals surface area contributed by atoms with Crippen molar-refractivity contribution in [1.29, 1.82) is 0 Å². The Hall–Kier alpha value is -3.20. The normalized spacial score (nSPS) is 21.1. The van der Waals surface area contributed by atoms with Crippen molar-refractivity contribution in [1.82, 2.24) is 20.0 Å². The first-order valence-electron chi connectivity index (χ1n) is 10.7. The highest BCUT2D eigenvalue weighted by molar-refractivity contribution is 7.12. The van der Waals surface area contributed by atoms with E-state index in [4.69, 9.17) is 0 Å². The van der Waals surface area contributed by atoms with Crippen LogP contribution in [0.4, 0.5) is 4.79 Å². The quantitative estimate of drug-likeness (QED) is 0.676. The van der Waals surface area contributed by atoms with Gasteiger partial charge in [-0.2, -0.15) is 0 Å². The van der Waals surface area contributed by atoms with E-state index in [1.165, 1.54) is 11.3 Å². The topological polar surface area (TPSA) is 90.0 Å². The average Bonchev–Trinajstić information content (AvgIpc) is 3.42. The highest BCUT2D eigenvalue weighted by Crippen LogP contribution is 2.23. The Morgan fingerprint density at radius 2 is 1.69 bits per heavy atom.